The number of nitrogens with zero attached hydrogens (tertiary/aromatic N) is 19. The van der Waals surface area contributed by atoms with Crippen molar-refractivity contribution in [3.8, 4) is 68.5 Å². The smallest absolute Gasteiger partial charge is 0.294 e. The van der Waals surface area contributed by atoms with Gasteiger partial charge in [0.05, 0.1) is 97.6 Å². The molecule has 0 spiro atoms. The number of aromatic nitrogens is 16. The third-order valence-electron chi connectivity index (χ3n) is 23.4. The van der Waals surface area contributed by atoms with E-state index in [-0.39, 0.29) is 124 Å². The fourth-order valence-electron chi connectivity index (χ4n) is 16.5. The Morgan fingerprint density at radius 1 is 0.371 bits per heavy atom. The summed E-state index contributed by atoms with van der Waals surface area (Å²) in [6.07, 6.45) is 7.22. The van der Waals surface area contributed by atoms with Gasteiger partial charge in [-0.2, -0.15) is 17.2 Å². The number of aryl methyl sites for hydroxylation is 8. The summed E-state index contributed by atoms with van der Waals surface area (Å²) >= 11 is 0. The fraction of sp³-hybridized carbons (Fsp3) is 0.494. The van der Waals surface area contributed by atoms with E-state index in [1.165, 1.54) is 81.1 Å². The van der Waals surface area contributed by atoms with Crippen molar-refractivity contribution in [2.75, 3.05) is 106 Å². The van der Waals surface area contributed by atoms with Gasteiger partial charge in [-0.3, -0.25) is 19.2 Å². The summed E-state index contributed by atoms with van der Waals surface area (Å²) < 4.78 is 145. The van der Waals surface area contributed by atoms with E-state index < -0.39 is 72.6 Å². The molecule has 0 unspecified atom stereocenters. The van der Waals surface area contributed by atoms with E-state index in [1.807, 2.05) is 34.6 Å². The Morgan fingerprint density at radius 3 is 0.900 bits per heavy atom. The number of methoxy groups -OCH3 is 1. The van der Waals surface area contributed by atoms with Crippen molar-refractivity contribution < 1.29 is 87.1 Å². The zero-order valence-electron chi connectivity index (χ0n) is 79.4. The SMILES string of the molecule is CCCc1nc(C)c2c(=O)[nH]c(-c3cc(S(=O)(=O)N4CC(CCCOC)C4)ccc3OCC)nn12.CCCc1nc(C)c2c(=O)[nH]c(-c3cc(S(=O)(=O)N4CC(CCO[N+](=O)[O-])C4)ccc3OCC)nn12.CCCc1nc(C)c2c(=O)[nH]c(-c3cc(S(=O)(=O)N4CC(CO[N+](=O)[O-])C4)ccc3OCC)nn12.CCCc1nc(C)c2c(=O)[nH]c(-c3cc(S(=O)(=O)N4CC(O[N+](=O)[O-])C4)ccc3OCC)nn12. The highest BCUT2D eigenvalue weighted by molar-refractivity contribution is 7.90. The number of H-pyrrole nitrogens is 4. The first-order valence-corrected chi connectivity index (χ1v) is 51.4. The van der Waals surface area contributed by atoms with E-state index >= 15 is 0 Å². The van der Waals surface area contributed by atoms with Crippen LogP contribution in [-0.2, 0) is 85.0 Å². The lowest BCUT2D eigenvalue weighted by molar-refractivity contribution is -0.771. The standard InChI is InChI=1S/C24H33N5O5S.C22H28N6O7S.C21H26N6O7S.C20H24N6O7S/c1-5-8-21-25-16(3)22-24(30)26-23(27-29(21)22)19-13-18(10-11-20(19)34-6-2)35(31,32)28-14-17(15-28)9-7-12-33-4;1-4-6-19-23-14(3)20-22(29)24-21(25-27(19)20)17-11-16(7-8-18(17)34-5-2)36(32,33)26-12-15(13-26)9-10-35-28(30)31;1-4-6-18-22-13(3)19-21(28)23-20(24-26(18)19)16-9-15(7-8-17(16)33-5-2)35(31,32)25-10-14(11-25)12-34-27(29)30;1-4-6-17-21-12(3)18-20(27)22-19(23-25(17)18)15-9-14(7-8-16(15)32-5-2)34(30,31)24-10-13(11-24)33-26(28)29/h10-11,13,17H,5-9,12,14-15H2,1-4H3,(H,26,27,30);7-8,11,15H,4-6,9-10,12-13H2,1-3H3,(H,24,25,29);7-9,14H,4-6,10-12H2,1-3H3,(H,23,24,28);7-9,13H,4-6,10-11H2,1-3H3,(H,22,23,27). The molecular formula is C87H111N23O26S4. The minimum atomic E-state index is -3.96. The quantitative estimate of drug-likeness (QED) is 0.0162. The Kier molecular flexibility index (Phi) is 33.0. The molecule has 49 nitrogen and oxygen atoms in total. The number of ether oxygens (including phenoxy) is 5. The molecule has 4 aliphatic rings. The number of nitrogens with one attached hydrogen (secondary N) is 4. The van der Waals surface area contributed by atoms with Crippen molar-refractivity contribution in [1.29, 1.82) is 0 Å². The number of benzene rings is 4. The van der Waals surface area contributed by atoms with Gasteiger partial charge in [0, 0.05) is 97.7 Å². The highest BCUT2D eigenvalue weighted by Crippen LogP contribution is 2.40. The van der Waals surface area contributed by atoms with Crippen molar-refractivity contribution in [3.05, 3.63) is 191 Å². The number of rotatable bonds is 41. The molecule has 4 N–H and O–H groups in total. The van der Waals surface area contributed by atoms with Gasteiger partial charge in [-0.1, -0.05) is 27.7 Å². The molecule has 4 saturated heterocycles. The van der Waals surface area contributed by atoms with Crippen LogP contribution in [0.4, 0.5) is 0 Å². The number of aromatic amines is 4. The van der Waals surface area contributed by atoms with E-state index in [9.17, 15) is 83.2 Å². The van der Waals surface area contributed by atoms with Gasteiger partial charge in [0.2, 0.25) is 40.1 Å². The first-order valence-electron chi connectivity index (χ1n) is 45.6. The molecule has 4 aromatic carbocycles. The Hall–Kier alpha value is -13.3. The molecule has 754 valence electrons. The third kappa shape index (κ3) is 22.6. The lowest BCUT2D eigenvalue weighted by Gasteiger charge is -2.38. The molecule has 140 heavy (non-hydrogen) atoms. The molecule has 12 aromatic rings. The van der Waals surface area contributed by atoms with Crippen LogP contribution in [0.15, 0.2) is 112 Å². The molecule has 16 rings (SSSR count). The van der Waals surface area contributed by atoms with E-state index in [2.05, 4.69) is 74.8 Å². The van der Waals surface area contributed by atoms with Gasteiger partial charge in [-0.15, -0.1) is 50.7 Å². The largest absolute Gasteiger partial charge is 0.493 e. The minimum absolute atomic E-state index is 0.0112. The second-order valence-electron chi connectivity index (χ2n) is 33.4. The summed E-state index contributed by atoms with van der Waals surface area (Å²) in [7, 11) is -13.7. The van der Waals surface area contributed by atoms with Gasteiger partial charge in [0.1, 0.15) is 59.0 Å². The van der Waals surface area contributed by atoms with Crippen molar-refractivity contribution in [3.63, 3.8) is 0 Å². The molecule has 12 heterocycles. The van der Waals surface area contributed by atoms with Crippen molar-refractivity contribution in [1.82, 2.24) is 95.5 Å². The van der Waals surface area contributed by atoms with E-state index in [0.29, 0.717) is 192 Å². The van der Waals surface area contributed by atoms with E-state index in [1.54, 1.807) is 78.3 Å². The van der Waals surface area contributed by atoms with Gasteiger partial charge in [-0.05, 0) is 185 Å². The fourth-order valence-corrected chi connectivity index (χ4v) is 22.9. The number of fused-ring (bicyclic) bond motifs is 4. The molecule has 4 fully saturated rings. The number of imidazole rings is 4. The summed E-state index contributed by atoms with van der Waals surface area (Å²) in [5.41, 5.74) is 3.51. The molecule has 0 atom stereocenters. The van der Waals surface area contributed by atoms with E-state index in [0.717, 1.165) is 42.8 Å². The second-order valence-corrected chi connectivity index (χ2v) is 41.2. The Labute approximate surface area is 802 Å². The Morgan fingerprint density at radius 2 is 0.643 bits per heavy atom. The average molecular weight is 2020 g/mol. The third-order valence-corrected chi connectivity index (χ3v) is 30.7. The maximum Gasteiger partial charge on any atom is 0.294 e. The topological polar surface area (TPSA) is 605 Å². The molecule has 0 bridgehead atoms. The van der Waals surface area contributed by atoms with Crippen LogP contribution in [0.2, 0.25) is 0 Å². The van der Waals surface area contributed by atoms with Gasteiger partial charge in [0.25, 0.3) is 37.5 Å². The molecular weight excluding hydrogens is 1910 g/mol. The second kappa shape index (κ2) is 44.4. The Bertz CT molecular complexity index is 7360. The van der Waals surface area contributed by atoms with Crippen LogP contribution >= 0.6 is 0 Å². The molecule has 53 heteroatoms. The summed E-state index contributed by atoms with van der Waals surface area (Å²) in [4.78, 5) is 125. The number of hydrogen-bond acceptors (Lipinski definition) is 34. The molecule has 0 saturated carbocycles. The van der Waals surface area contributed by atoms with Crippen LogP contribution in [-0.4, -0.2) is 256 Å². The molecule has 0 radical (unpaired) electrons. The normalized spacial score (nSPS) is 14.8. The molecule has 0 amide bonds. The van der Waals surface area contributed by atoms with Crippen LogP contribution in [0.5, 0.6) is 23.0 Å². The van der Waals surface area contributed by atoms with Gasteiger partial charge < -0.3 is 58.1 Å². The first-order chi connectivity index (χ1) is 66.7. The minimum Gasteiger partial charge on any atom is -0.493 e. The molecule has 0 aliphatic carbocycles. The Balaban J connectivity index is 0.000000157. The maximum absolute atomic E-state index is 13.3. The van der Waals surface area contributed by atoms with Crippen LogP contribution in [0, 0.1) is 75.8 Å². The monoisotopic (exact) mass is 2020 g/mol. The predicted molar refractivity (Wildman–Crippen MR) is 505 cm³/mol. The highest BCUT2D eigenvalue weighted by atomic mass is 32.2. The lowest BCUT2D eigenvalue weighted by atomic mass is 9.98. The van der Waals surface area contributed by atoms with Crippen molar-refractivity contribution in [2.45, 2.75) is 179 Å². The van der Waals surface area contributed by atoms with Crippen LogP contribution < -0.4 is 41.2 Å². The number of sulfonamides is 4. The summed E-state index contributed by atoms with van der Waals surface area (Å²) in [6.45, 7) is 25.4. The van der Waals surface area contributed by atoms with Crippen LogP contribution in [0.1, 0.15) is 146 Å². The maximum atomic E-state index is 13.3. The van der Waals surface area contributed by atoms with Crippen LogP contribution in [0.3, 0.4) is 0 Å². The van der Waals surface area contributed by atoms with Gasteiger partial charge in [0.15, 0.2) is 45.4 Å². The zero-order valence-corrected chi connectivity index (χ0v) is 82.6. The van der Waals surface area contributed by atoms with Crippen molar-refractivity contribution in [2.24, 2.45) is 17.8 Å². The molecule has 4 aliphatic heterocycles. The summed E-state index contributed by atoms with van der Waals surface area (Å²) in [5, 5.41) is 46.8. The average Bonchev–Trinajstić information content (AvgIpc) is 0.943. The summed E-state index contributed by atoms with van der Waals surface area (Å²) in [5.74, 6) is 4.87. The molecule has 8 aromatic heterocycles. The summed E-state index contributed by atoms with van der Waals surface area (Å²) in [6, 6.07) is 17.7. The van der Waals surface area contributed by atoms with E-state index in [4.69, 9.17) is 23.7 Å². The first kappa shape index (κ1) is 104. The van der Waals surface area contributed by atoms with Crippen LogP contribution in [0.25, 0.3) is 67.6 Å². The van der Waals surface area contributed by atoms with Gasteiger partial charge in [-0.25, -0.2) is 71.7 Å². The predicted octanol–water partition coefficient (Wildman–Crippen LogP) is 7.65. The number of hydrogen-bond donors (Lipinski definition) is 4. The highest BCUT2D eigenvalue weighted by Gasteiger charge is 2.43. The lowest BCUT2D eigenvalue weighted by Crippen LogP contribution is -2.55. The van der Waals surface area contributed by atoms with Gasteiger partial charge >= 0.3 is 0 Å². The zero-order chi connectivity index (χ0) is 101. The van der Waals surface area contributed by atoms with Crippen molar-refractivity contribution >= 4 is 62.2 Å².